The van der Waals surface area contributed by atoms with Crippen molar-refractivity contribution in [2.75, 3.05) is 43.0 Å². The third-order valence-electron chi connectivity index (χ3n) is 4.16. The molecule has 0 saturated heterocycles. The zero-order valence-corrected chi connectivity index (χ0v) is 16.2. The summed E-state index contributed by atoms with van der Waals surface area (Å²) < 4.78 is 16.3. The molecule has 7 nitrogen and oxygen atoms in total. The van der Waals surface area contributed by atoms with Crippen molar-refractivity contribution in [3.63, 3.8) is 0 Å². The highest BCUT2D eigenvalue weighted by Crippen LogP contribution is 2.34. The number of anilines is 2. The van der Waals surface area contributed by atoms with Crippen molar-refractivity contribution in [3.05, 3.63) is 42.5 Å². The van der Waals surface area contributed by atoms with Crippen LogP contribution in [0.15, 0.2) is 42.5 Å². The number of ether oxygens (including phenoxy) is 3. The van der Waals surface area contributed by atoms with Crippen molar-refractivity contribution in [1.82, 2.24) is 0 Å². The lowest BCUT2D eigenvalue weighted by Gasteiger charge is -2.29. The van der Waals surface area contributed by atoms with Crippen LogP contribution in [0.25, 0.3) is 0 Å². The van der Waals surface area contributed by atoms with Crippen LogP contribution in [-0.2, 0) is 9.59 Å². The summed E-state index contributed by atoms with van der Waals surface area (Å²) in [5, 5.41) is 2.68. The molecule has 2 amide bonds. The highest BCUT2D eigenvalue weighted by molar-refractivity contribution is 6.29. The van der Waals surface area contributed by atoms with E-state index in [1.165, 1.54) is 0 Å². The number of benzene rings is 2. The molecule has 0 spiro atoms. The van der Waals surface area contributed by atoms with Gasteiger partial charge in [0.1, 0.15) is 23.1 Å². The predicted octanol–water partition coefficient (Wildman–Crippen LogP) is 3.07. The van der Waals surface area contributed by atoms with E-state index in [0.29, 0.717) is 36.7 Å². The second kappa shape index (κ2) is 9.32. The van der Waals surface area contributed by atoms with Crippen LogP contribution in [0.1, 0.15) is 6.42 Å². The van der Waals surface area contributed by atoms with Gasteiger partial charge in [0.2, 0.25) is 5.91 Å². The SMILES string of the molecule is COc1ccc(OCCCN2C(=O)COc3ccc(NC(=O)CCl)cc32)cc1. The fourth-order valence-corrected chi connectivity index (χ4v) is 2.87. The Hall–Kier alpha value is -2.93. The molecule has 28 heavy (non-hydrogen) atoms. The van der Waals surface area contributed by atoms with Crippen molar-refractivity contribution in [2.45, 2.75) is 6.42 Å². The van der Waals surface area contributed by atoms with Crippen LogP contribution in [0, 0.1) is 0 Å². The molecular formula is C20H21ClN2O5. The van der Waals surface area contributed by atoms with Crippen LogP contribution in [-0.4, -0.2) is 44.6 Å². The molecule has 0 saturated carbocycles. The van der Waals surface area contributed by atoms with Gasteiger partial charge in [-0.3, -0.25) is 9.59 Å². The fourth-order valence-electron chi connectivity index (χ4n) is 2.80. The quantitative estimate of drug-likeness (QED) is 0.540. The molecule has 1 N–H and O–H groups in total. The summed E-state index contributed by atoms with van der Waals surface area (Å²) >= 11 is 5.53. The lowest BCUT2D eigenvalue weighted by molar-refractivity contribution is -0.121. The number of carbonyl (C=O) groups is 2. The van der Waals surface area contributed by atoms with Gasteiger partial charge < -0.3 is 24.4 Å². The van der Waals surface area contributed by atoms with E-state index in [1.54, 1.807) is 30.2 Å². The highest BCUT2D eigenvalue weighted by atomic mass is 35.5. The molecule has 0 aromatic heterocycles. The van der Waals surface area contributed by atoms with Crippen molar-refractivity contribution in [2.24, 2.45) is 0 Å². The minimum atomic E-state index is -0.316. The molecule has 2 aromatic carbocycles. The Labute approximate surface area is 168 Å². The summed E-state index contributed by atoms with van der Waals surface area (Å²) in [6, 6.07) is 12.5. The first-order valence-electron chi connectivity index (χ1n) is 8.80. The van der Waals surface area contributed by atoms with Gasteiger partial charge in [-0.05, 0) is 48.9 Å². The van der Waals surface area contributed by atoms with Gasteiger partial charge in [-0.2, -0.15) is 0 Å². The van der Waals surface area contributed by atoms with Crippen LogP contribution in [0.4, 0.5) is 11.4 Å². The molecule has 2 aromatic rings. The largest absolute Gasteiger partial charge is 0.497 e. The third kappa shape index (κ3) is 4.86. The number of fused-ring (bicyclic) bond motifs is 1. The molecule has 0 aliphatic carbocycles. The molecule has 0 unspecified atom stereocenters. The lowest BCUT2D eigenvalue weighted by Crippen LogP contribution is -2.39. The van der Waals surface area contributed by atoms with Crippen LogP contribution < -0.4 is 24.4 Å². The summed E-state index contributed by atoms with van der Waals surface area (Å²) in [7, 11) is 1.61. The van der Waals surface area contributed by atoms with Crippen LogP contribution >= 0.6 is 11.6 Å². The summed E-state index contributed by atoms with van der Waals surface area (Å²) in [5.74, 6) is 1.50. The summed E-state index contributed by atoms with van der Waals surface area (Å²) in [5.41, 5.74) is 1.18. The summed E-state index contributed by atoms with van der Waals surface area (Å²) in [4.78, 5) is 25.5. The third-order valence-corrected chi connectivity index (χ3v) is 4.40. The lowest BCUT2D eigenvalue weighted by atomic mass is 10.2. The van der Waals surface area contributed by atoms with E-state index in [9.17, 15) is 9.59 Å². The molecule has 8 heteroatoms. The number of rotatable bonds is 8. The minimum absolute atomic E-state index is 0.0142. The second-order valence-electron chi connectivity index (χ2n) is 6.08. The van der Waals surface area contributed by atoms with E-state index >= 15 is 0 Å². The second-order valence-corrected chi connectivity index (χ2v) is 6.34. The molecule has 1 aliphatic rings. The standard InChI is InChI=1S/C20H21ClN2O5/c1-26-15-4-6-16(7-5-15)27-10-2-9-23-17-11-14(22-19(24)12-21)3-8-18(17)28-13-20(23)25/h3-8,11H,2,9-10,12-13H2,1H3,(H,22,24). The zero-order chi connectivity index (χ0) is 19.9. The van der Waals surface area contributed by atoms with E-state index in [2.05, 4.69) is 5.32 Å². The number of nitrogens with one attached hydrogen (secondary N) is 1. The summed E-state index contributed by atoms with van der Waals surface area (Å²) in [6.07, 6.45) is 0.634. The fraction of sp³-hybridized carbons (Fsp3) is 0.300. The first-order chi connectivity index (χ1) is 13.6. The van der Waals surface area contributed by atoms with Crippen LogP contribution in [0.2, 0.25) is 0 Å². The van der Waals surface area contributed by atoms with Gasteiger partial charge in [-0.1, -0.05) is 0 Å². The maximum Gasteiger partial charge on any atom is 0.265 e. The maximum atomic E-state index is 12.3. The van der Waals surface area contributed by atoms with Gasteiger partial charge in [-0.25, -0.2) is 0 Å². The Morgan fingerprint density at radius 3 is 2.68 bits per heavy atom. The van der Waals surface area contributed by atoms with Crippen LogP contribution in [0.3, 0.4) is 0 Å². The number of nitrogens with zero attached hydrogens (tertiary/aromatic N) is 1. The highest BCUT2D eigenvalue weighted by Gasteiger charge is 2.25. The Kier molecular flexibility index (Phi) is 6.60. The van der Waals surface area contributed by atoms with E-state index in [4.69, 9.17) is 25.8 Å². The monoisotopic (exact) mass is 404 g/mol. The molecule has 1 heterocycles. The van der Waals surface area contributed by atoms with Crippen molar-refractivity contribution in [1.29, 1.82) is 0 Å². The van der Waals surface area contributed by atoms with Crippen molar-refractivity contribution >= 4 is 34.8 Å². The first kappa shape index (κ1) is 19.8. The molecule has 0 bridgehead atoms. The molecule has 148 valence electrons. The van der Waals surface area contributed by atoms with Gasteiger partial charge in [0, 0.05) is 12.2 Å². The average molecular weight is 405 g/mol. The predicted molar refractivity (Wildman–Crippen MR) is 107 cm³/mol. The Morgan fingerprint density at radius 2 is 1.96 bits per heavy atom. The van der Waals surface area contributed by atoms with E-state index in [1.807, 2.05) is 24.3 Å². The number of amides is 2. The molecule has 0 fully saturated rings. The molecule has 1 aliphatic heterocycles. The van der Waals surface area contributed by atoms with E-state index in [0.717, 1.165) is 11.5 Å². The first-order valence-corrected chi connectivity index (χ1v) is 9.34. The number of hydrogen-bond acceptors (Lipinski definition) is 5. The van der Waals surface area contributed by atoms with Gasteiger partial charge in [0.05, 0.1) is 19.4 Å². The Bertz CT molecular complexity index is 841. The number of hydrogen-bond donors (Lipinski definition) is 1. The number of alkyl halides is 1. The Balaban J connectivity index is 1.61. The van der Waals surface area contributed by atoms with Crippen molar-refractivity contribution in [3.8, 4) is 17.2 Å². The number of methoxy groups -OCH3 is 1. The average Bonchev–Trinajstić information content (AvgIpc) is 2.72. The number of carbonyl (C=O) groups excluding carboxylic acids is 2. The molecule has 0 radical (unpaired) electrons. The Morgan fingerprint density at radius 1 is 1.21 bits per heavy atom. The van der Waals surface area contributed by atoms with Gasteiger partial charge in [0.25, 0.3) is 5.91 Å². The molecular weight excluding hydrogens is 384 g/mol. The summed E-state index contributed by atoms with van der Waals surface area (Å²) in [6.45, 7) is 0.910. The number of halogens is 1. The van der Waals surface area contributed by atoms with Gasteiger partial charge >= 0.3 is 0 Å². The van der Waals surface area contributed by atoms with Gasteiger partial charge in [-0.15, -0.1) is 11.6 Å². The normalized spacial score (nSPS) is 12.8. The zero-order valence-electron chi connectivity index (χ0n) is 15.4. The van der Waals surface area contributed by atoms with Crippen LogP contribution in [0.5, 0.6) is 17.2 Å². The molecule has 0 atom stereocenters. The molecule has 3 rings (SSSR count). The van der Waals surface area contributed by atoms with Crippen molar-refractivity contribution < 1.29 is 23.8 Å². The minimum Gasteiger partial charge on any atom is -0.497 e. The smallest absolute Gasteiger partial charge is 0.265 e. The van der Waals surface area contributed by atoms with E-state index in [-0.39, 0.29) is 24.3 Å². The van der Waals surface area contributed by atoms with Gasteiger partial charge in [0.15, 0.2) is 6.61 Å². The topological polar surface area (TPSA) is 77.1 Å². The maximum absolute atomic E-state index is 12.3. The van der Waals surface area contributed by atoms with E-state index < -0.39 is 0 Å².